The zero-order chi connectivity index (χ0) is 18.1. The molecule has 0 aromatic carbocycles. The van der Waals surface area contributed by atoms with Gasteiger partial charge in [-0.15, -0.1) is 0 Å². The van der Waals surface area contributed by atoms with E-state index in [1.54, 1.807) is 9.80 Å². The molecule has 4 rings (SSSR count). The Bertz CT molecular complexity index is 715. The maximum absolute atomic E-state index is 13.0. The van der Waals surface area contributed by atoms with Gasteiger partial charge in [0.2, 0.25) is 6.41 Å². The highest BCUT2D eigenvalue weighted by molar-refractivity contribution is 5.97. The monoisotopic (exact) mass is 359 g/mol. The third kappa shape index (κ3) is 2.97. The Morgan fingerprint density at radius 3 is 2.15 bits per heavy atom. The largest absolute Gasteiger partial charge is 0.342 e. The number of likely N-dealkylation sites (tertiary alicyclic amines) is 1. The summed E-state index contributed by atoms with van der Waals surface area (Å²) in [7, 11) is 0. The number of hydrogen-bond donors (Lipinski definition) is 0. The average Bonchev–Trinajstić information content (AvgIpc) is 3.35. The highest BCUT2D eigenvalue weighted by Crippen LogP contribution is 2.24. The van der Waals surface area contributed by atoms with Crippen LogP contribution in [0.2, 0.25) is 0 Å². The van der Waals surface area contributed by atoms with Crippen molar-refractivity contribution in [3.8, 4) is 0 Å². The normalized spacial score (nSPS) is 20.2. The van der Waals surface area contributed by atoms with E-state index in [-0.39, 0.29) is 11.8 Å². The van der Waals surface area contributed by atoms with Crippen LogP contribution < -0.4 is 0 Å². The first-order valence-electron chi connectivity index (χ1n) is 9.56. The lowest BCUT2D eigenvalue weighted by Gasteiger charge is -2.32. The number of aromatic nitrogens is 2. The topological polar surface area (TPSA) is 78.8 Å². The van der Waals surface area contributed by atoms with Crippen molar-refractivity contribution in [3.63, 3.8) is 0 Å². The van der Waals surface area contributed by atoms with Crippen LogP contribution in [0.15, 0.2) is 0 Å². The van der Waals surface area contributed by atoms with Gasteiger partial charge in [-0.2, -0.15) is 0 Å². The Labute approximate surface area is 152 Å². The molecular weight excluding hydrogens is 334 g/mol. The zero-order valence-corrected chi connectivity index (χ0v) is 15.0. The lowest BCUT2D eigenvalue weighted by atomic mass is 10.1. The van der Waals surface area contributed by atoms with Gasteiger partial charge in [0.05, 0.1) is 5.69 Å². The third-order valence-corrected chi connectivity index (χ3v) is 5.66. The minimum absolute atomic E-state index is 0.0459. The number of imidazole rings is 1. The summed E-state index contributed by atoms with van der Waals surface area (Å²) < 4.78 is 1.97. The van der Waals surface area contributed by atoms with E-state index in [2.05, 4.69) is 4.98 Å². The number of nitrogens with zero attached hydrogens (tertiary/aromatic N) is 5. The second-order valence-electron chi connectivity index (χ2n) is 7.27. The van der Waals surface area contributed by atoms with Crippen molar-refractivity contribution in [2.75, 3.05) is 39.3 Å². The fourth-order valence-corrected chi connectivity index (χ4v) is 4.12. The molecule has 3 aliphatic heterocycles. The van der Waals surface area contributed by atoms with Crippen LogP contribution in [0.25, 0.3) is 0 Å². The quantitative estimate of drug-likeness (QED) is 0.731. The summed E-state index contributed by atoms with van der Waals surface area (Å²) in [4.78, 5) is 46.6. The first-order chi connectivity index (χ1) is 12.7. The molecule has 140 valence electrons. The molecule has 3 aliphatic rings. The van der Waals surface area contributed by atoms with Crippen molar-refractivity contribution in [1.29, 1.82) is 0 Å². The van der Waals surface area contributed by atoms with Crippen LogP contribution in [0.5, 0.6) is 0 Å². The molecule has 0 radical (unpaired) electrons. The summed E-state index contributed by atoms with van der Waals surface area (Å²) in [6.07, 6.45) is 5.71. The van der Waals surface area contributed by atoms with Gasteiger partial charge >= 0.3 is 0 Å². The predicted molar refractivity (Wildman–Crippen MR) is 93.8 cm³/mol. The lowest BCUT2D eigenvalue weighted by Crippen LogP contribution is -2.48. The summed E-state index contributed by atoms with van der Waals surface area (Å²) in [6, 6.07) is 0. The van der Waals surface area contributed by atoms with Gasteiger partial charge in [-0.3, -0.25) is 14.4 Å². The molecule has 2 saturated heterocycles. The summed E-state index contributed by atoms with van der Waals surface area (Å²) >= 11 is 0. The zero-order valence-electron chi connectivity index (χ0n) is 15.0. The van der Waals surface area contributed by atoms with Gasteiger partial charge < -0.3 is 19.3 Å². The highest BCUT2D eigenvalue weighted by Gasteiger charge is 2.33. The van der Waals surface area contributed by atoms with E-state index in [1.807, 2.05) is 9.47 Å². The second kappa shape index (κ2) is 7.09. The standard InChI is InChI=1S/C18H25N5O3/c24-13-20-9-11-22(12-10-20)17(25)15-14-5-1-2-8-23(14)16(19-15)18(26)21-6-3-4-7-21/h13H,1-12H2. The molecule has 4 heterocycles. The molecule has 3 amide bonds. The first-order valence-corrected chi connectivity index (χ1v) is 9.56. The highest BCUT2D eigenvalue weighted by atomic mass is 16.2. The van der Waals surface area contributed by atoms with E-state index in [0.29, 0.717) is 37.7 Å². The number of carbonyl (C=O) groups is 3. The minimum Gasteiger partial charge on any atom is -0.342 e. The van der Waals surface area contributed by atoms with Crippen molar-refractivity contribution >= 4 is 18.2 Å². The summed E-state index contributed by atoms with van der Waals surface area (Å²) in [5.74, 6) is 0.272. The van der Waals surface area contributed by atoms with Crippen molar-refractivity contribution < 1.29 is 14.4 Å². The third-order valence-electron chi connectivity index (χ3n) is 5.66. The molecule has 0 saturated carbocycles. The molecule has 0 bridgehead atoms. The number of hydrogen-bond acceptors (Lipinski definition) is 4. The van der Waals surface area contributed by atoms with Gasteiger partial charge in [0.1, 0.15) is 5.69 Å². The maximum Gasteiger partial charge on any atom is 0.289 e. The summed E-state index contributed by atoms with van der Waals surface area (Å²) in [6.45, 7) is 4.42. The van der Waals surface area contributed by atoms with Crippen LogP contribution in [0.4, 0.5) is 0 Å². The van der Waals surface area contributed by atoms with E-state index in [9.17, 15) is 14.4 Å². The maximum atomic E-state index is 13.0. The molecule has 1 aromatic heterocycles. The fourth-order valence-electron chi connectivity index (χ4n) is 4.12. The van der Waals surface area contributed by atoms with Crippen LogP contribution >= 0.6 is 0 Å². The molecule has 0 unspecified atom stereocenters. The molecule has 26 heavy (non-hydrogen) atoms. The SMILES string of the molecule is O=CN1CCN(C(=O)c2nc(C(=O)N3CCCC3)n3c2CCCC3)CC1. The van der Waals surface area contributed by atoms with Crippen LogP contribution in [0.1, 0.15) is 52.5 Å². The Morgan fingerprint density at radius 2 is 1.46 bits per heavy atom. The minimum atomic E-state index is -0.110. The van der Waals surface area contributed by atoms with Crippen molar-refractivity contribution in [2.45, 2.75) is 38.6 Å². The number of piperazine rings is 1. The summed E-state index contributed by atoms with van der Waals surface area (Å²) in [5, 5.41) is 0. The van der Waals surface area contributed by atoms with E-state index in [1.165, 1.54) is 0 Å². The molecular formula is C18H25N5O3. The van der Waals surface area contributed by atoms with Crippen LogP contribution in [0.3, 0.4) is 0 Å². The van der Waals surface area contributed by atoms with E-state index in [4.69, 9.17) is 0 Å². The van der Waals surface area contributed by atoms with Crippen molar-refractivity contribution in [1.82, 2.24) is 24.3 Å². The molecule has 0 spiro atoms. The van der Waals surface area contributed by atoms with Crippen LogP contribution in [-0.2, 0) is 17.8 Å². The fraction of sp³-hybridized carbons (Fsp3) is 0.667. The van der Waals surface area contributed by atoms with Gasteiger partial charge in [-0.25, -0.2) is 4.98 Å². The number of amides is 3. The van der Waals surface area contributed by atoms with E-state index < -0.39 is 0 Å². The Kier molecular flexibility index (Phi) is 4.65. The summed E-state index contributed by atoms with van der Waals surface area (Å²) in [5.41, 5.74) is 1.34. The molecule has 8 nitrogen and oxygen atoms in total. The van der Waals surface area contributed by atoms with Crippen molar-refractivity contribution in [2.24, 2.45) is 0 Å². The van der Waals surface area contributed by atoms with Gasteiger partial charge in [-0.05, 0) is 32.1 Å². The molecule has 0 N–H and O–H groups in total. The molecule has 2 fully saturated rings. The second-order valence-corrected chi connectivity index (χ2v) is 7.27. The van der Waals surface area contributed by atoms with Gasteiger partial charge in [-0.1, -0.05) is 0 Å². The number of fused-ring (bicyclic) bond motifs is 1. The number of carbonyl (C=O) groups excluding carboxylic acids is 3. The molecule has 0 aliphatic carbocycles. The van der Waals surface area contributed by atoms with Gasteiger partial charge in [0.25, 0.3) is 11.8 Å². The first kappa shape index (κ1) is 17.1. The molecule has 0 atom stereocenters. The van der Waals surface area contributed by atoms with Gasteiger partial charge in [0, 0.05) is 45.8 Å². The number of rotatable bonds is 3. The molecule has 8 heteroatoms. The van der Waals surface area contributed by atoms with Crippen LogP contribution in [-0.4, -0.2) is 81.7 Å². The average molecular weight is 359 g/mol. The Hall–Kier alpha value is -2.38. The smallest absolute Gasteiger partial charge is 0.289 e. The Morgan fingerprint density at radius 1 is 0.808 bits per heavy atom. The molecule has 1 aromatic rings. The van der Waals surface area contributed by atoms with E-state index >= 15 is 0 Å². The van der Waals surface area contributed by atoms with Gasteiger partial charge in [0.15, 0.2) is 5.82 Å². The Balaban J connectivity index is 1.60. The lowest BCUT2D eigenvalue weighted by molar-refractivity contribution is -0.119. The van der Waals surface area contributed by atoms with Crippen molar-refractivity contribution in [3.05, 3.63) is 17.2 Å². The van der Waals surface area contributed by atoms with Crippen LogP contribution in [0, 0.1) is 0 Å². The van der Waals surface area contributed by atoms with E-state index in [0.717, 1.165) is 63.8 Å². The predicted octanol–water partition coefficient (Wildman–Crippen LogP) is 0.370.